The summed E-state index contributed by atoms with van der Waals surface area (Å²) in [6.45, 7) is -5.01. The molecular formula is C59H98N4O44. The summed E-state index contributed by atoms with van der Waals surface area (Å²) in [6.07, 6.45) is -77.0. The zero-order valence-corrected chi connectivity index (χ0v) is 57.4. The van der Waals surface area contributed by atoms with E-state index in [0.29, 0.717) is 0 Å². The molecule has 28 N–H and O–H groups in total. The van der Waals surface area contributed by atoms with Crippen molar-refractivity contribution >= 4 is 29.6 Å². The van der Waals surface area contributed by atoms with Crippen molar-refractivity contribution in [2.45, 2.75) is 285 Å². The standard InChI is InChI=1S/C59H98N4O44/c1-14(70)60-27-18(74)5-59(58(91)92,107-48(27)31(76)19(75)6-64)94-13-26-34(79)40(85)43(88)55(101-26)103-46-23(10-68)99-53(30(38(46)83)63-17(4)73)106-50-41(86)33(78)21(8-66)97-57(50)105-49-35(80)25(12-93-54-42(87)39(84)32(77)20(7-65)96-54)100-56(44(49)89)104-47-24(11-69)98-52(29(37(47)82)62-16(3)72)102-45-22(9-67)95-51(90)28(36(45)81)61-15(2)71/h18-57,64-69,74-90H,5-13H2,1-4H3,(H,60,70)(H,61,71)(H,62,72)(H,63,73)(H,91,92)/t18-,19+,20+,21+,22+,23+,24+,25+,26+,27+,28+,29+,30+,31+,32+,33+,34-,35+,36+,37+,38+,39-,40-,41-,42-,43+,44-,45+,46+,47+,48+,49-,50-,51+,52+,53+,54-,55-,56+,57+,59-/m0/s1. The molecule has 0 saturated carbocycles. The number of ether oxygens (including phenoxy) is 15. The van der Waals surface area contributed by atoms with Crippen LogP contribution in [0.15, 0.2) is 0 Å². The predicted molar refractivity (Wildman–Crippen MR) is 328 cm³/mol. The fourth-order valence-corrected chi connectivity index (χ4v) is 13.6. The van der Waals surface area contributed by atoms with Gasteiger partial charge in [0.1, 0.15) is 189 Å². The van der Waals surface area contributed by atoms with Gasteiger partial charge in [0.15, 0.2) is 44.0 Å². The molecule has 0 aromatic carbocycles. The van der Waals surface area contributed by atoms with Gasteiger partial charge in [-0.3, -0.25) is 19.2 Å². The molecule has 8 aliphatic heterocycles. The van der Waals surface area contributed by atoms with Gasteiger partial charge in [0.2, 0.25) is 23.6 Å². The maximum atomic E-state index is 13.0. The summed E-state index contributed by atoms with van der Waals surface area (Å²) in [5, 5.41) is 273. The van der Waals surface area contributed by atoms with E-state index in [1.807, 2.05) is 0 Å². The number of aliphatic carboxylic acids is 1. The van der Waals surface area contributed by atoms with E-state index in [2.05, 4.69) is 21.3 Å². The monoisotopic (exact) mass is 1570 g/mol. The van der Waals surface area contributed by atoms with Crippen LogP contribution in [0.25, 0.3) is 0 Å². The molecule has 8 saturated heterocycles. The molecule has 618 valence electrons. The Hall–Kier alpha value is -4.17. The molecule has 8 heterocycles. The van der Waals surface area contributed by atoms with Gasteiger partial charge >= 0.3 is 5.97 Å². The number of carbonyl (C=O) groups is 5. The van der Waals surface area contributed by atoms with Gasteiger partial charge in [-0.25, -0.2) is 4.79 Å². The maximum absolute atomic E-state index is 13.0. The third kappa shape index (κ3) is 19.7. The van der Waals surface area contributed by atoms with E-state index < -0.39 is 340 Å². The number of rotatable bonds is 29. The van der Waals surface area contributed by atoms with Crippen molar-refractivity contribution < 1.29 is 218 Å². The van der Waals surface area contributed by atoms with E-state index in [0.717, 1.165) is 27.7 Å². The summed E-state index contributed by atoms with van der Waals surface area (Å²) in [4.78, 5) is 62.9. The summed E-state index contributed by atoms with van der Waals surface area (Å²) < 4.78 is 87.5. The van der Waals surface area contributed by atoms with Crippen molar-refractivity contribution in [1.29, 1.82) is 0 Å². The highest BCUT2D eigenvalue weighted by atomic mass is 16.8. The lowest BCUT2D eigenvalue weighted by atomic mass is 9.88. The Bertz CT molecular complexity index is 2870. The van der Waals surface area contributed by atoms with E-state index in [4.69, 9.17) is 71.1 Å². The molecule has 4 amide bonds. The van der Waals surface area contributed by atoms with Crippen molar-refractivity contribution in [1.82, 2.24) is 21.3 Å². The average Bonchev–Trinajstić information content (AvgIpc) is 0.766. The van der Waals surface area contributed by atoms with Crippen molar-refractivity contribution in [3.63, 3.8) is 0 Å². The van der Waals surface area contributed by atoms with Crippen LogP contribution < -0.4 is 21.3 Å². The van der Waals surface area contributed by atoms with Crippen molar-refractivity contribution in [2.24, 2.45) is 0 Å². The number of hydrogen-bond acceptors (Lipinski definition) is 43. The number of nitrogens with one attached hydrogen (secondary N) is 4. The van der Waals surface area contributed by atoms with Gasteiger partial charge in [0, 0.05) is 34.1 Å². The second kappa shape index (κ2) is 38.1. The summed E-state index contributed by atoms with van der Waals surface area (Å²) in [6, 6.07) is -7.18. The lowest BCUT2D eigenvalue weighted by Gasteiger charge is -2.51. The minimum Gasteiger partial charge on any atom is -0.477 e. The summed E-state index contributed by atoms with van der Waals surface area (Å²) in [5.41, 5.74) is 0. The van der Waals surface area contributed by atoms with Crippen LogP contribution in [0.3, 0.4) is 0 Å². The van der Waals surface area contributed by atoms with Crippen LogP contribution >= 0.6 is 0 Å². The number of aliphatic hydroxyl groups excluding tert-OH is 23. The first-order valence-corrected chi connectivity index (χ1v) is 33.7. The molecule has 41 atom stereocenters. The highest BCUT2D eigenvalue weighted by Crippen LogP contribution is 2.40. The Labute approximate surface area is 605 Å². The number of carboxylic acid groups (broad SMARTS) is 1. The fourth-order valence-electron chi connectivity index (χ4n) is 13.6. The molecule has 48 nitrogen and oxygen atoms in total. The fraction of sp³-hybridized carbons (Fsp3) is 0.915. The van der Waals surface area contributed by atoms with E-state index in [1.165, 1.54) is 0 Å². The van der Waals surface area contributed by atoms with Crippen LogP contribution in [-0.4, -0.2) is 456 Å². The van der Waals surface area contributed by atoms with Crippen LogP contribution in [0.5, 0.6) is 0 Å². The van der Waals surface area contributed by atoms with Gasteiger partial charge < -0.3 is 215 Å². The number of aliphatic hydroxyl groups is 23. The maximum Gasteiger partial charge on any atom is 0.364 e. The van der Waals surface area contributed by atoms with Crippen molar-refractivity contribution in [3.8, 4) is 0 Å². The van der Waals surface area contributed by atoms with Crippen LogP contribution in [0, 0.1) is 0 Å². The highest BCUT2D eigenvalue weighted by Gasteiger charge is 2.61. The minimum absolute atomic E-state index is 0.769. The van der Waals surface area contributed by atoms with Gasteiger partial charge in [-0.15, -0.1) is 0 Å². The molecule has 0 unspecified atom stereocenters. The van der Waals surface area contributed by atoms with Gasteiger partial charge in [-0.05, 0) is 0 Å². The van der Waals surface area contributed by atoms with E-state index >= 15 is 0 Å². The lowest BCUT2D eigenvalue weighted by Crippen LogP contribution is -2.71. The zero-order chi connectivity index (χ0) is 79.3. The molecule has 8 rings (SSSR count). The minimum atomic E-state index is -3.06. The molecule has 8 aliphatic rings. The van der Waals surface area contributed by atoms with Crippen LogP contribution in [-0.2, 0) is 95.0 Å². The average molecular weight is 1570 g/mol. The SMILES string of the molecule is CC(=O)N[C@@H]1[C@@H](O)[C@H](O[C@H]2O[C@H](CO)[C@@H](O[C@H]3O[C@H](CO[C@H]4O[C@H](CO)[C@@H](O)[C@H](O)[C@@H]4O)[C@@H](O)[C@H](O[C@H]4O[C@H](CO)[C@@H](O)[C@H](O)[C@@H]4O[C@H]4O[C@H](CO)[C@@H](O[C@@H]5O[C@H](CO[C@@]6(C(=O)O)C[C@H](O)[C@@H](NC(C)=O)[C@H]([C@H](O)[C@H](O)CO)O6)[C@H](O)[C@H](O)[C@H]5O)[C@H](O)[C@H]4NC(C)=O)[C@@H]3O)[C@H](O)[C@H]2NC(C)=O)[C@@H](CO)O[C@H]1O. The molecule has 0 radical (unpaired) electrons. The molecule has 0 spiro atoms. The Balaban J connectivity index is 1.06. The summed E-state index contributed by atoms with van der Waals surface area (Å²) in [5.74, 6) is -8.61. The van der Waals surface area contributed by atoms with E-state index in [9.17, 15) is 147 Å². The molecular weight excluding hydrogens is 1470 g/mol. The number of carboxylic acids is 1. The second-order valence-electron chi connectivity index (χ2n) is 26.8. The third-order valence-corrected chi connectivity index (χ3v) is 19.2. The van der Waals surface area contributed by atoms with E-state index in [1.54, 1.807) is 0 Å². The lowest BCUT2D eigenvalue weighted by molar-refractivity contribution is -0.397. The summed E-state index contributed by atoms with van der Waals surface area (Å²) in [7, 11) is 0. The van der Waals surface area contributed by atoms with Crippen LogP contribution in [0.1, 0.15) is 34.1 Å². The highest BCUT2D eigenvalue weighted by molar-refractivity contribution is 5.77. The van der Waals surface area contributed by atoms with Crippen LogP contribution in [0.2, 0.25) is 0 Å². The largest absolute Gasteiger partial charge is 0.477 e. The third-order valence-electron chi connectivity index (χ3n) is 19.2. The smallest absolute Gasteiger partial charge is 0.364 e. The van der Waals surface area contributed by atoms with Gasteiger partial charge in [-0.2, -0.15) is 0 Å². The Kier molecular flexibility index (Phi) is 31.5. The Morgan fingerprint density at radius 3 is 1.23 bits per heavy atom. The second-order valence-corrected chi connectivity index (χ2v) is 26.8. The molecule has 0 aliphatic carbocycles. The molecule has 0 aromatic rings. The van der Waals surface area contributed by atoms with E-state index in [-0.39, 0.29) is 0 Å². The van der Waals surface area contributed by atoms with Gasteiger partial charge in [-0.1, -0.05) is 0 Å². The molecule has 0 aromatic heterocycles. The van der Waals surface area contributed by atoms with Crippen LogP contribution in [0.4, 0.5) is 0 Å². The first-order valence-electron chi connectivity index (χ1n) is 33.7. The normalized spacial score (nSPS) is 46.9. The topological polar surface area (TPSA) is 757 Å². The number of carbonyl (C=O) groups excluding carboxylic acids is 4. The molecule has 8 fully saturated rings. The first-order chi connectivity index (χ1) is 50.4. The quantitative estimate of drug-likeness (QED) is 0.0331. The molecule has 0 bridgehead atoms. The van der Waals surface area contributed by atoms with Crippen molar-refractivity contribution in [3.05, 3.63) is 0 Å². The molecule has 48 heteroatoms. The Morgan fingerprint density at radius 2 is 0.757 bits per heavy atom. The Morgan fingerprint density at radius 1 is 0.383 bits per heavy atom. The van der Waals surface area contributed by atoms with Crippen molar-refractivity contribution in [2.75, 3.05) is 52.9 Å². The first kappa shape index (κ1) is 88.4. The van der Waals surface area contributed by atoms with Gasteiger partial charge in [0.05, 0.1) is 65.0 Å². The number of amides is 4. The molecule has 107 heavy (non-hydrogen) atoms. The zero-order valence-electron chi connectivity index (χ0n) is 57.4. The van der Waals surface area contributed by atoms with Gasteiger partial charge in [0.25, 0.3) is 5.79 Å². The predicted octanol–water partition coefficient (Wildman–Crippen LogP) is -18.7. The summed E-state index contributed by atoms with van der Waals surface area (Å²) >= 11 is 0. The number of hydrogen-bond donors (Lipinski definition) is 28.